The van der Waals surface area contributed by atoms with Gasteiger partial charge in [0.15, 0.2) is 6.29 Å². The molecule has 2 aromatic rings. The van der Waals surface area contributed by atoms with Crippen LogP contribution < -0.4 is 10.1 Å². The Morgan fingerprint density at radius 1 is 1.40 bits per heavy atom. The van der Waals surface area contributed by atoms with Gasteiger partial charge in [-0.25, -0.2) is 14.4 Å². The van der Waals surface area contributed by atoms with Crippen LogP contribution in [0.25, 0.3) is 0 Å². The highest BCUT2D eigenvalue weighted by atomic mass is 35.5. The number of hydrogen-bond donors (Lipinski definition) is 1. The van der Waals surface area contributed by atoms with E-state index in [0.717, 1.165) is 0 Å². The van der Waals surface area contributed by atoms with Crippen molar-refractivity contribution >= 4 is 29.4 Å². The SMILES string of the molecule is COc1ccc(F)c(Nc2nc(C)nc(Cl)c2C=O)c1. The fraction of sp³-hybridized carbons (Fsp3) is 0.154. The molecule has 2 rings (SSSR count). The first-order chi connectivity index (χ1) is 9.55. The van der Waals surface area contributed by atoms with Gasteiger partial charge in [-0.2, -0.15) is 0 Å². The number of benzene rings is 1. The number of nitrogens with one attached hydrogen (secondary N) is 1. The number of nitrogens with zero attached hydrogens (tertiary/aromatic N) is 2. The zero-order chi connectivity index (χ0) is 14.7. The zero-order valence-electron chi connectivity index (χ0n) is 10.8. The fourth-order valence-corrected chi connectivity index (χ4v) is 1.86. The Hall–Kier alpha value is -2.21. The van der Waals surface area contributed by atoms with E-state index < -0.39 is 5.82 Å². The summed E-state index contributed by atoms with van der Waals surface area (Å²) < 4.78 is 18.8. The molecule has 0 spiro atoms. The number of aldehydes is 1. The number of aryl methyl sites for hydroxylation is 1. The number of methoxy groups -OCH3 is 1. The number of carbonyl (C=O) groups excluding carboxylic acids is 1. The summed E-state index contributed by atoms with van der Waals surface area (Å²) in [4.78, 5) is 19.0. The number of hydrogen-bond acceptors (Lipinski definition) is 5. The van der Waals surface area contributed by atoms with Gasteiger partial charge in [-0.05, 0) is 19.1 Å². The van der Waals surface area contributed by atoms with Crippen molar-refractivity contribution in [3.8, 4) is 5.75 Å². The summed E-state index contributed by atoms with van der Waals surface area (Å²) in [6, 6.07) is 4.19. The molecule has 0 radical (unpaired) electrons. The summed E-state index contributed by atoms with van der Waals surface area (Å²) in [7, 11) is 1.47. The Morgan fingerprint density at radius 2 is 2.15 bits per heavy atom. The monoisotopic (exact) mass is 295 g/mol. The zero-order valence-corrected chi connectivity index (χ0v) is 11.5. The predicted molar refractivity (Wildman–Crippen MR) is 73.4 cm³/mol. The van der Waals surface area contributed by atoms with Gasteiger partial charge in [0.1, 0.15) is 28.4 Å². The van der Waals surface area contributed by atoms with Crippen LogP contribution in [-0.2, 0) is 0 Å². The number of carbonyl (C=O) groups is 1. The molecule has 0 unspecified atom stereocenters. The summed E-state index contributed by atoms with van der Waals surface area (Å²) in [6.45, 7) is 1.62. The lowest BCUT2D eigenvalue weighted by Crippen LogP contribution is -2.04. The van der Waals surface area contributed by atoms with Crippen LogP contribution in [-0.4, -0.2) is 23.4 Å². The lowest BCUT2D eigenvalue weighted by atomic mass is 10.2. The second-order valence-electron chi connectivity index (χ2n) is 3.91. The van der Waals surface area contributed by atoms with E-state index in [-0.39, 0.29) is 22.2 Å². The van der Waals surface area contributed by atoms with Gasteiger partial charge in [-0.15, -0.1) is 0 Å². The number of halogens is 2. The molecular weight excluding hydrogens is 285 g/mol. The number of anilines is 2. The van der Waals surface area contributed by atoms with E-state index >= 15 is 0 Å². The van der Waals surface area contributed by atoms with Crippen LogP contribution in [0, 0.1) is 12.7 Å². The van der Waals surface area contributed by atoms with E-state index in [0.29, 0.717) is 17.9 Å². The van der Waals surface area contributed by atoms with Gasteiger partial charge in [-0.1, -0.05) is 11.6 Å². The van der Waals surface area contributed by atoms with Crippen LogP contribution in [0.2, 0.25) is 5.15 Å². The molecule has 1 N–H and O–H groups in total. The molecule has 0 atom stereocenters. The molecule has 0 saturated heterocycles. The second-order valence-corrected chi connectivity index (χ2v) is 4.27. The maximum absolute atomic E-state index is 13.7. The maximum atomic E-state index is 13.7. The van der Waals surface area contributed by atoms with E-state index in [4.69, 9.17) is 16.3 Å². The van der Waals surface area contributed by atoms with Crippen molar-refractivity contribution < 1.29 is 13.9 Å². The molecule has 7 heteroatoms. The highest BCUT2D eigenvalue weighted by Gasteiger charge is 2.13. The van der Waals surface area contributed by atoms with E-state index in [9.17, 15) is 9.18 Å². The minimum atomic E-state index is -0.505. The molecule has 0 bridgehead atoms. The third-order valence-corrected chi connectivity index (χ3v) is 2.84. The van der Waals surface area contributed by atoms with Crippen LogP contribution in [0.4, 0.5) is 15.9 Å². The number of ether oxygens (including phenoxy) is 1. The Kier molecular flexibility index (Phi) is 4.14. The van der Waals surface area contributed by atoms with Crippen molar-refractivity contribution in [2.45, 2.75) is 6.92 Å². The van der Waals surface area contributed by atoms with Crippen LogP contribution in [0.15, 0.2) is 18.2 Å². The molecule has 0 aliphatic heterocycles. The second kappa shape index (κ2) is 5.83. The molecule has 0 aliphatic carbocycles. The van der Waals surface area contributed by atoms with Gasteiger partial charge >= 0.3 is 0 Å². The maximum Gasteiger partial charge on any atom is 0.156 e. The molecule has 1 aromatic heterocycles. The lowest BCUT2D eigenvalue weighted by molar-refractivity contribution is 0.112. The average Bonchev–Trinajstić information content (AvgIpc) is 2.41. The summed E-state index contributed by atoms with van der Waals surface area (Å²) >= 11 is 5.86. The van der Waals surface area contributed by atoms with Crippen molar-refractivity contribution in [2.24, 2.45) is 0 Å². The van der Waals surface area contributed by atoms with Gasteiger partial charge < -0.3 is 10.1 Å². The van der Waals surface area contributed by atoms with E-state index in [1.807, 2.05) is 0 Å². The number of rotatable bonds is 4. The van der Waals surface area contributed by atoms with Gasteiger partial charge in [0.05, 0.1) is 18.4 Å². The van der Waals surface area contributed by atoms with E-state index in [1.165, 1.54) is 25.3 Å². The summed E-state index contributed by atoms with van der Waals surface area (Å²) in [5, 5.41) is 2.74. The van der Waals surface area contributed by atoms with Crippen molar-refractivity contribution in [1.82, 2.24) is 9.97 Å². The lowest BCUT2D eigenvalue weighted by Gasteiger charge is -2.11. The van der Waals surface area contributed by atoms with Crippen molar-refractivity contribution in [3.05, 3.63) is 40.6 Å². The fourth-order valence-electron chi connectivity index (χ4n) is 1.60. The Balaban J connectivity index is 2.46. The smallest absolute Gasteiger partial charge is 0.156 e. The minimum absolute atomic E-state index is 0.0123. The van der Waals surface area contributed by atoms with Crippen LogP contribution in [0.1, 0.15) is 16.2 Å². The largest absolute Gasteiger partial charge is 0.497 e. The Morgan fingerprint density at radius 3 is 2.80 bits per heavy atom. The van der Waals surface area contributed by atoms with Gasteiger partial charge in [-0.3, -0.25) is 4.79 Å². The van der Waals surface area contributed by atoms with Crippen LogP contribution >= 0.6 is 11.6 Å². The van der Waals surface area contributed by atoms with Crippen molar-refractivity contribution in [1.29, 1.82) is 0 Å². The third-order valence-electron chi connectivity index (χ3n) is 2.56. The standard InChI is InChI=1S/C13H11ClFN3O2/c1-7-16-12(14)9(6-19)13(17-7)18-11-5-8(20-2)3-4-10(11)15/h3-6H,1-2H3,(H,16,17,18). The Bertz CT molecular complexity index is 664. The van der Waals surface area contributed by atoms with Gasteiger partial charge in [0.2, 0.25) is 0 Å². The predicted octanol–water partition coefficient (Wildman–Crippen LogP) is 3.14. The molecule has 104 valence electrons. The molecule has 1 heterocycles. The highest BCUT2D eigenvalue weighted by Crippen LogP contribution is 2.27. The minimum Gasteiger partial charge on any atom is -0.497 e. The first-order valence-corrected chi connectivity index (χ1v) is 6.03. The van der Waals surface area contributed by atoms with Crippen LogP contribution in [0.3, 0.4) is 0 Å². The van der Waals surface area contributed by atoms with Crippen molar-refractivity contribution in [3.63, 3.8) is 0 Å². The van der Waals surface area contributed by atoms with E-state index in [2.05, 4.69) is 15.3 Å². The first-order valence-electron chi connectivity index (χ1n) is 5.65. The first kappa shape index (κ1) is 14.2. The summed E-state index contributed by atoms with van der Waals surface area (Å²) in [6.07, 6.45) is 0.516. The van der Waals surface area contributed by atoms with Gasteiger partial charge in [0, 0.05) is 6.07 Å². The van der Waals surface area contributed by atoms with Crippen molar-refractivity contribution in [2.75, 3.05) is 12.4 Å². The summed E-state index contributed by atoms with van der Waals surface area (Å²) in [5.74, 6) is 0.476. The molecule has 0 fully saturated rings. The average molecular weight is 296 g/mol. The summed E-state index contributed by atoms with van der Waals surface area (Å²) in [5.41, 5.74) is 0.195. The normalized spacial score (nSPS) is 10.2. The topological polar surface area (TPSA) is 64.1 Å². The molecule has 0 aliphatic rings. The molecule has 20 heavy (non-hydrogen) atoms. The number of aromatic nitrogens is 2. The molecule has 0 amide bonds. The molecule has 0 saturated carbocycles. The highest BCUT2D eigenvalue weighted by molar-refractivity contribution is 6.32. The van der Waals surface area contributed by atoms with Crippen LogP contribution in [0.5, 0.6) is 5.75 Å². The third kappa shape index (κ3) is 2.85. The van der Waals surface area contributed by atoms with E-state index in [1.54, 1.807) is 6.92 Å². The molecule has 1 aromatic carbocycles. The molecule has 5 nitrogen and oxygen atoms in total. The molecular formula is C13H11ClFN3O2. The Labute approximate surface area is 119 Å². The van der Waals surface area contributed by atoms with Gasteiger partial charge in [0.25, 0.3) is 0 Å². The quantitative estimate of drug-likeness (QED) is 0.693.